The van der Waals surface area contributed by atoms with Crippen molar-refractivity contribution in [1.82, 2.24) is 4.98 Å². The Hall–Kier alpha value is -2.12. The highest BCUT2D eigenvalue weighted by atomic mass is 19.3. The van der Waals surface area contributed by atoms with Crippen LogP contribution in [0, 0.1) is 17.0 Å². The summed E-state index contributed by atoms with van der Waals surface area (Å²) in [7, 11) is 0. The van der Waals surface area contributed by atoms with Gasteiger partial charge < -0.3 is 15.2 Å². The summed E-state index contributed by atoms with van der Waals surface area (Å²) < 4.78 is 25.0. The fraction of sp³-hybridized carbons (Fsp3) is 0.333. The van der Waals surface area contributed by atoms with E-state index in [9.17, 15) is 23.7 Å². The van der Waals surface area contributed by atoms with Crippen molar-refractivity contribution in [3.63, 3.8) is 0 Å². The number of carbonyl (C=O) groups is 1. The number of aryl methyl sites for hydroxylation is 1. The van der Waals surface area contributed by atoms with Crippen molar-refractivity contribution in [1.29, 1.82) is 0 Å². The SMILES string of the molecule is Cc1cc(C(F)F)c([N+](=O)[O-])nc1CC(=O)O. The van der Waals surface area contributed by atoms with E-state index in [1.807, 2.05) is 0 Å². The van der Waals surface area contributed by atoms with Gasteiger partial charge in [-0.1, -0.05) is 0 Å². The van der Waals surface area contributed by atoms with Crippen LogP contribution in [0.1, 0.15) is 23.2 Å². The zero-order valence-corrected chi connectivity index (χ0v) is 8.68. The molecule has 0 aromatic carbocycles. The van der Waals surface area contributed by atoms with Crippen LogP contribution in [-0.2, 0) is 11.2 Å². The Labute approximate surface area is 94.1 Å². The van der Waals surface area contributed by atoms with E-state index in [0.29, 0.717) is 0 Å². The highest BCUT2D eigenvalue weighted by molar-refractivity contribution is 5.70. The molecule has 0 saturated carbocycles. The summed E-state index contributed by atoms with van der Waals surface area (Å²) in [6.45, 7) is 1.38. The zero-order valence-electron chi connectivity index (χ0n) is 8.68. The van der Waals surface area contributed by atoms with E-state index in [1.54, 1.807) is 0 Å². The Kier molecular flexibility index (Phi) is 3.66. The lowest BCUT2D eigenvalue weighted by atomic mass is 10.1. The Bertz CT molecular complexity index is 476. The molecule has 0 amide bonds. The van der Waals surface area contributed by atoms with Crippen LogP contribution in [0.2, 0.25) is 0 Å². The summed E-state index contributed by atoms with van der Waals surface area (Å²) in [5, 5.41) is 19.1. The molecule has 1 aromatic heterocycles. The maximum atomic E-state index is 12.5. The third-order valence-corrected chi connectivity index (χ3v) is 2.05. The molecule has 0 radical (unpaired) electrons. The maximum Gasteiger partial charge on any atom is 0.372 e. The number of carboxylic acids is 1. The van der Waals surface area contributed by atoms with Gasteiger partial charge in [-0.15, -0.1) is 0 Å². The van der Waals surface area contributed by atoms with E-state index in [0.717, 1.165) is 6.07 Å². The van der Waals surface area contributed by atoms with Gasteiger partial charge in [0.05, 0.1) is 0 Å². The lowest BCUT2D eigenvalue weighted by Gasteiger charge is -2.04. The molecule has 6 nitrogen and oxygen atoms in total. The van der Waals surface area contributed by atoms with Crippen LogP contribution in [0.15, 0.2) is 6.07 Å². The Morgan fingerprint density at radius 1 is 1.65 bits per heavy atom. The third kappa shape index (κ3) is 2.92. The molecule has 92 valence electrons. The highest BCUT2D eigenvalue weighted by Gasteiger charge is 2.26. The normalized spacial score (nSPS) is 10.6. The number of halogens is 2. The van der Waals surface area contributed by atoms with Crippen molar-refractivity contribution in [2.45, 2.75) is 19.8 Å². The number of hydrogen-bond donors (Lipinski definition) is 1. The Morgan fingerprint density at radius 2 is 2.24 bits per heavy atom. The summed E-state index contributed by atoms with van der Waals surface area (Å²) in [4.78, 5) is 23.3. The van der Waals surface area contributed by atoms with Gasteiger partial charge in [0.2, 0.25) is 0 Å². The van der Waals surface area contributed by atoms with Crippen LogP contribution in [0.3, 0.4) is 0 Å². The van der Waals surface area contributed by atoms with Gasteiger partial charge in [-0.05, 0) is 28.5 Å². The largest absolute Gasteiger partial charge is 0.481 e. The molecular formula is C9H8F2N2O4. The van der Waals surface area contributed by atoms with Gasteiger partial charge in [0.1, 0.15) is 12.0 Å². The molecule has 0 aliphatic carbocycles. The topological polar surface area (TPSA) is 93.3 Å². The van der Waals surface area contributed by atoms with Crippen molar-refractivity contribution >= 4 is 11.8 Å². The quantitative estimate of drug-likeness (QED) is 0.646. The Balaban J connectivity index is 3.34. The molecule has 1 rings (SSSR count). The predicted molar refractivity (Wildman–Crippen MR) is 51.9 cm³/mol. The number of hydrogen-bond acceptors (Lipinski definition) is 4. The van der Waals surface area contributed by atoms with Gasteiger partial charge in [-0.3, -0.25) is 4.79 Å². The Morgan fingerprint density at radius 3 is 2.65 bits per heavy atom. The van der Waals surface area contributed by atoms with Crippen LogP contribution in [0.4, 0.5) is 14.6 Å². The third-order valence-electron chi connectivity index (χ3n) is 2.05. The van der Waals surface area contributed by atoms with Crippen molar-refractivity contribution < 1.29 is 23.6 Å². The summed E-state index contributed by atoms with van der Waals surface area (Å²) in [6, 6.07) is 0.897. The lowest BCUT2D eigenvalue weighted by molar-refractivity contribution is -0.391. The molecule has 1 aromatic rings. The van der Waals surface area contributed by atoms with Crippen LogP contribution in [0.5, 0.6) is 0 Å². The second-order valence-electron chi connectivity index (χ2n) is 3.29. The first-order valence-electron chi connectivity index (χ1n) is 4.47. The first-order chi connectivity index (χ1) is 7.82. The molecule has 1 N–H and O–H groups in total. The summed E-state index contributed by atoms with van der Waals surface area (Å²) in [5.41, 5.74) is -0.705. The molecular weight excluding hydrogens is 238 g/mol. The molecule has 0 bridgehead atoms. The predicted octanol–water partition coefficient (Wildman–Crippen LogP) is 1.86. The van der Waals surface area contributed by atoms with Crippen LogP contribution >= 0.6 is 0 Å². The van der Waals surface area contributed by atoms with E-state index in [4.69, 9.17) is 5.11 Å². The highest BCUT2D eigenvalue weighted by Crippen LogP contribution is 2.29. The van der Waals surface area contributed by atoms with E-state index in [1.165, 1.54) is 6.92 Å². The molecule has 0 unspecified atom stereocenters. The molecule has 0 aliphatic rings. The van der Waals surface area contributed by atoms with Gasteiger partial charge in [0, 0.05) is 0 Å². The van der Waals surface area contributed by atoms with Gasteiger partial charge in [-0.2, -0.15) is 0 Å². The first-order valence-corrected chi connectivity index (χ1v) is 4.47. The summed E-state index contributed by atoms with van der Waals surface area (Å²) in [5.74, 6) is -2.23. The minimum Gasteiger partial charge on any atom is -0.481 e. The smallest absolute Gasteiger partial charge is 0.372 e. The number of rotatable bonds is 4. The average molecular weight is 246 g/mol. The second kappa shape index (κ2) is 4.81. The van der Waals surface area contributed by atoms with Crippen LogP contribution in [0.25, 0.3) is 0 Å². The van der Waals surface area contributed by atoms with Gasteiger partial charge in [-0.25, -0.2) is 8.78 Å². The number of carboxylic acid groups (broad SMARTS) is 1. The van der Waals surface area contributed by atoms with Gasteiger partial charge >= 0.3 is 11.8 Å². The molecule has 0 atom stereocenters. The van der Waals surface area contributed by atoms with Gasteiger partial charge in [0.25, 0.3) is 6.43 Å². The molecule has 0 fully saturated rings. The van der Waals surface area contributed by atoms with E-state index in [2.05, 4.69) is 4.98 Å². The van der Waals surface area contributed by atoms with E-state index >= 15 is 0 Å². The molecule has 0 aliphatic heterocycles. The second-order valence-corrected chi connectivity index (χ2v) is 3.29. The average Bonchev–Trinajstić information content (AvgIpc) is 2.19. The summed E-state index contributed by atoms with van der Waals surface area (Å²) >= 11 is 0. The van der Waals surface area contributed by atoms with Crippen LogP contribution < -0.4 is 0 Å². The molecule has 0 saturated heterocycles. The standard InChI is InChI=1S/C9H8F2N2O4/c1-4-2-5(8(10)11)9(13(16)17)12-6(4)3-7(14)15/h2,8H,3H2,1H3,(H,14,15). The van der Waals surface area contributed by atoms with Crippen molar-refractivity contribution in [3.05, 3.63) is 33.0 Å². The van der Waals surface area contributed by atoms with Crippen molar-refractivity contribution in [2.75, 3.05) is 0 Å². The number of aromatic nitrogens is 1. The van der Waals surface area contributed by atoms with E-state index in [-0.39, 0.29) is 11.3 Å². The lowest BCUT2D eigenvalue weighted by Crippen LogP contribution is -2.08. The van der Waals surface area contributed by atoms with E-state index < -0.39 is 35.1 Å². The number of alkyl halides is 2. The summed E-state index contributed by atoms with van der Waals surface area (Å²) in [6.07, 6.45) is -3.57. The van der Waals surface area contributed by atoms with Crippen molar-refractivity contribution in [3.8, 4) is 0 Å². The fourth-order valence-electron chi connectivity index (χ4n) is 1.29. The molecule has 17 heavy (non-hydrogen) atoms. The minimum atomic E-state index is -3.03. The molecule has 1 heterocycles. The fourth-order valence-corrected chi connectivity index (χ4v) is 1.29. The first kappa shape index (κ1) is 12.9. The van der Waals surface area contributed by atoms with Gasteiger partial charge in [0.15, 0.2) is 5.69 Å². The van der Waals surface area contributed by atoms with Crippen LogP contribution in [-0.4, -0.2) is 21.0 Å². The minimum absolute atomic E-state index is 0.0893. The molecule has 0 spiro atoms. The number of aliphatic carboxylic acids is 1. The monoisotopic (exact) mass is 246 g/mol. The zero-order chi connectivity index (χ0) is 13.2. The number of nitro groups is 1. The molecule has 8 heteroatoms. The number of nitrogens with zero attached hydrogens (tertiary/aromatic N) is 2. The van der Waals surface area contributed by atoms with Crippen molar-refractivity contribution in [2.24, 2.45) is 0 Å². The number of pyridine rings is 1. The maximum absolute atomic E-state index is 12.5.